The Balaban J connectivity index is 0.000000358. The number of carbonyl (C=O) groups is 3. The van der Waals surface area contributed by atoms with Crippen LogP contribution in [0.1, 0.15) is 52.0 Å². The number of ketones is 1. The number of hydroxylamine groups is 2. The summed E-state index contributed by atoms with van der Waals surface area (Å²) in [7, 11) is 2.44. The zero-order valence-corrected chi connectivity index (χ0v) is 24.8. The van der Waals surface area contributed by atoms with Crippen molar-refractivity contribution in [3.8, 4) is 11.5 Å². The van der Waals surface area contributed by atoms with Gasteiger partial charge in [-0.25, -0.2) is 9.59 Å². The molecule has 236 valence electrons. The van der Waals surface area contributed by atoms with Gasteiger partial charge in [0.2, 0.25) is 0 Å². The number of benzene rings is 3. The predicted octanol–water partition coefficient (Wildman–Crippen LogP) is 6.45. The van der Waals surface area contributed by atoms with E-state index in [1.165, 1.54) is 39.3 Å². The van der Waals surface area contributed by atoms with Crippen LogP contribution in [0.5, 0.6) is 11.5 Å². The molecule has 3 aromatic carbocycles. The number of hydrogen-bond donors (Lipinski definition) is 2. The van der Waals surface area contributed by atoms with E-state index in [4.69, 9.17) is 14.5 Å². The molecular weight excluding hydrogens is 587 g/mol. The van der Waals surface area contributed by atoms with Crippen molar-refractivity contribution in [1.29, 1.82) is 0 Å². The summed E-state index contributed by atoms with van der Waals surface area (Å²) in [6.45, 7) is 6.35. The van der Waals surface area contributed by atoms with Crippen LogP contribution < -0.4 is 20.6 Å². The summed E-state index contributed by atoms with van der Waals surface area (Å²) in [5, 5.41) is 3.88. The first kappa shape index (κ1) is 34.9. The average molecular weight is 620 g/mol. The van der Waals surface area contributed by atoms with E-state index >= 15 is 0 Å². The standard InChI is InChI=1S/C19H19F3N2O4.C11H13NO4/c1-12-8-9-14(10-17(12)28-24-18(25)26-3)13(2)23-27-11-15-6-4-5-7-16(15)19(20,21)22;1-7-4-5-9(8(2)13)6-10(7)16-12-11(14)15-3/h4-10H,11H2,1-3H3,(H,24,25);4-6H,1-3H3,(H,12,14)/b23-13+;. The Morgan fingerprint density at radius 3 is 1.77 bits per heavy atom. The second-order valence-electron chi connectivity index (χ2n) is 9.01. The second-order valence-corrected chi connectivity index (χ2v) is 9.01. The zero-order chi connectivity index (χ0) is 32.9. The first-order chi connectivity index (χ1) is 20.8. The van der Waals surface area contributed by atoms with Crippen LogP contribution in [0.15, 0.2) is 65.8 Å². The van der Waals surface area contributed by atoms with Gasteiger partial charge in [0.1, 0.15) is 6.61 Å². The van der Waals surface area contributed by atoms with Gasteiger partial charge in [-0.15, -0.1) is 0 Å². The summed E-state index contributed by atoms with van der Waals surface area (Å²) in [5.74, 6) is 0.709. The number of oxime groups is 1. The van der Waals surface area contributed by atoms with Gasteiger partial charge in [0.05, 0.1) is 25.5 Å². The van der Waals surface area contributed by atoms with Gasteiger partial charge in [-0.2, -0.15) is 24.1 Å². The third-order valence-electron chi connectivity index (χ3n) is 5.80. The molecule has 0 aliphatic rings. The average Bonchev–Trinajstić information content (AvgIpc) is 2.99. The number of rotatable bonds is 9. The number of hydrogen-bond acceptors (Lipinski definition) is 9. The van der Waals surface area contributed by atoms with Crippen molar-refractivity contribution in [2.75, 3.05) is 14.2 Å². The van der Waals surface area contributed by atoms with Gasteiger partial charge < -0.3 is 24.0 Å². The summed E-state index contributed by atoms with van der Waals surface area (Å²) in [5.41, 5.74) is 6.51. The van der Waals surface area contributed by atoms with Crippen molar-refractivity contribution in [2.45, 2.75) is 40.5 Å². The summed E-state index contributed by atoms with van der Waals surface area (Å²) in [4.78, 5) is 48.3. The highest BCUT2D eigenvalue weighted by molar-refractivity contribution is 5.98. The van der Waals surface area contributed by atoms with Crippen LogP contribution in [0.3, 0.4) is 0 Å². The zero-order valence-electron chi connectivity index (χ0n) is 24.8. The monoisotopic (exact) mass is 619 g/mol. The van der Waals surface area contributed by atoms with Gasteiger partial charge in [-0.05, 0) is 57.0 Å². The fraction of sp³-hybridized carbons (Fsp3) is 0.267. The number of alkyl halides is 3. The van der Waals surface area contributed by atoms with Crippen molar-refractivity contribution in [3.05, 3.63) is 94.0 Å². The maximum absolute atomic E-state index is 13.0. The smallest absolute Gasteiger partial charge is 0.440 e. The van der Waals surface area contributed by atoms with Gasteiger partial charge in [0.15, 0.2) is 17.3 Å². The molecule has 3 aromatic rings. The normalized spacial score (nSPS) is 10.9. The molecule has 44 heavy (non-hydrogen) atoms. The Morgan fingerprint density at radius 1 is 0.773 bits per heavy atom. The Labute approximate surface area is 251 Å². The molecule has 2 amide bonds. The lowest BCUT2D eigenvalue weighted by Gasteiger charge is -2.12. The molecular formula is C30H32F3N3O8. The van der Waals surface area contributed by atoms with Gasteiger partial charge in [-0.3, -0.25) is 4.79 Å². The molecule has 0 fully saturated rings. The van der Waals surface area contributed by atoms with E-state index in [1.807, 2.05) is 0 Å². The quantitative estimate of drug-likeness (QED) is 0.159. The van der Waals surface area contributed by atoms with Crippen LogP contribution in [0.25, 0.3) is 0 Å². The third kappa shape index (κ3) is 10.9. The van der Waals surface area contributed by atoms with Crippen LogP contribution in [0.4, 0.5) is 22.8 Å². The topological polar surface area (TPSA) is 134 Å². The summed E-state index contributed by atoms with van der Waals surface area (Å²) in [6, 6.07) is 15.2. The van der Waals surface area contributed by atoms with Crippen LogP contribution >= 0.6 is 0 Å². The highest BCUT2D eigenvalue weighted by Crippen LogP contribution is 2.32. The first-order valence-electron chi connectivity index (χ1n) is 12.8. The molecule has 0 saturated carbocycles. The maximum atomic E-state index is 13.0. The molecule has 14 heteroatoms. The van der Waals surface area contributed by atoms with Crippen molar-refractivity contribution in [3.63, 3.8) is 0 Å². The minimum atomic E-state index is -4.46. The van der Waals surface area contributed by atoms with Crippen LogP contribution in [0.2, 0.25) is 0 Å². The highest BCUT2D eigenvalue weighted by atomic mass is 19.4. The lowest BCUT2D eigenvalue weighted by Crippen LogP contribution is -2.27. The van der Waals surface area contributed by atoms with E-state index in [1.54, 1.807) is 57.2 Å². The van der Waals surface area contributed by atoms with E-state index in [9.17, 15) is 27.6 Å². The molecule has 0 aromatic heterocycles. The van der Waals surface area contributed by atoms with E-state index in [0.717, 1.165) is 17.2 Å². The van der Waals surface area contributed by atoms with E-state index in [-0.39, 0.29) is 18.0 Å². The van der Waals surface area contributed by atoms with Crippen molar-refractivity contribution < 1.29 is 51.5 Å². The van der Waals surface area contributed by atoms with Crippen molar-refractivity contribution in [1.82, 2.24) is 11.0 Å². The fourth-order valence-corrected chi connectivity index (χ4v) is 3.31. The van der Waals surface area contributed by atoms with Crippen molar-refractivity contribution >= 4 is 23.7 Å². The number of ether oxygens (including phenoxy) is 2. The number of carbonyl (C=O) groups excluding carboxylic acids is 3. The summed E-state index contributed by atoms with van der Waals surface area (Å²) < 4.78 is 47.7. The van der Waals surface area contributed by atoms with Gasteiger partial charge >= 0.3 is 18.4 Å². The number of halogens is 3. The molecule has 0 bridgehead atoms. The summed E-state index contributed by atoms with van der Waals surface area (Å²) in [6.07, 6.45) is -5.93. The molecule has 0 unspecified atom stereocenters. The SMILES string of the molecule is COC(=O)NOc1cc(/C(C)=N/OCc2ccccc2C(F)(F)F)ccc1C.COC(=O)NOc1cc(C(C)=O)ccc1C. The summed E-state index contributed by atoms with van der Waals surface area (Å²) >= 11 is 0. The largest absolute Gasteiger partial charge is 0.451 e. The van der Waals surface area contributed by atoms with Crippen molar-refractivity contribution in [2.24, 2.45) is 5.16 Å². The van der Waals surface area contributed by atoms with Gasteiger partial charge in [0, 0.05) is 16.7 Å². The molecule has 0 aliphatic heterocycles. The number of amides is 2. The Bertz CT molecular complexity index is 1490. The minimum absolute atomic E-state index is 0.0123. The van der Waals surface area contributed by atoms with Gasteiger partial charge in [-0.1, -0.05) is 47.6 Å². The highest BCUT2D eigenvalue weighted by Gasteiger charge is 2.33. The maximum Gasteiger partial charge on any atom is 0.440 e. The number of methoxy groups -OCH3 is 2. The van der Waals surface area contributed by atoms with Crippen LogP contribution in [-0.2, 0) is 27.1 Å². The Morgan fingerprint density at radius 2 is 1.27 bits per heavy atom. The number of aryl methyl sites for hydroxylation is 2. The molecule has 0 aliphatic carbocycles. The molecule has 2 N–H and O–H groups in total. The number of nitrogens with zero attached hydrogens (tertiary/aromatic N) is 1. The molecule has 0 saturated heterocycles. The lowest BCUT2D eigenvalue weighted by molar-refractivity contribution is -0.138. The third-order valence-corrected chi connectivity index (χ3v) is 5.80. The van der Waals surface area contributed by atoms with E-state index in [0.29, 0.717) is 28.3 Å². The van der Waals surface area contributed by atoms with Gasteiger partial charge in [0.25, 0.3) is 0 Å². The van der Waals surface area contributed by atoms with Crippen LogP contribution in [-0.4, -0.2) is 37.9 Å². The second kappa shape index (κ2) is 16.4. The number of Topliss-reactive ketones (excluding diaryl/α,β-unsaturated/α-hetero) is 1. The molecule has 11 nitrogen and oxygen atoms in total. The van der Waals surface area contributed by atoms with Crippen LogP contribution in [0, 0.1) is 13.8 Å². The predicted molar refractivity (Wildman–Crippen MR) is 153 cm³/mol. The first-order valence-corrected chi connectivity index (χ1v) is 12.8. The Kier molecular flexibility index (Phi) is 13.0. The molecule has 0 radical (unpaired) electrons. The fourth-order valence-electron chi connectivity index (χ4n) is 3.31. The molecule has 3 rings (SSSR count). The Hall–Kier alpha value is -5.27. The number of nitrogens with one attached hydrogen (secondary N) is 2. The molecule has 0 spiro atoms. The molecule has 0 atom stereocenters. The molecule has 0 heterocycles. The lowest BCUT2D eigenvalue weighted by atomic mass is 10.1. The van der Waals surface area contributed by atoms with E-state index < -0.39 is 23.9 Å². The van der Waals surface area contributed by atoms with E-state index in [2.05, 4.69) is 25.6 Å². The minimum Gasteiger partial charge on any atom is -0.451 e.